The van der Waals surface area contributed by atoms with Crippen LogP contribution in [0.2, 0.25) is 0 Å². The number of ether oxygens (including phenoxy) is 1. The summed E-state index contributed by atoms with van der Waals surface area (Å²) >= 11 is 0. The van der Waals surface area contributed by atoms with Gasteiger partial charge in [0, 0.05) is 38.6 Å². The van der Waals surface area contributed by atoms with Crippen molar-refractivity contribution >= 4 is 6.03 Å². The van der Waals surface area contributed by atoms with Crippen molar-refractivity contribution in [2.75, 3.05) is 19.8 Å². The zero-order chi connectivity index (χ0) is 12.8. The van der Waals surface area contributed by atoms with Crippen molar-refractivity contribution < 1.29 is 14.6 Å². The summed E-state index contributed by atoms with van der Waals surface area (Å²) in [7, 11) is 0. The summed E-state index contributed by atoms with van der Waals surface area (Å²) in [6.45, 7) is 1.41. The van der Waals surface area contributed by atoms with E-state index in [2.05, 4.69) is 16.7 Å². The van der Waals surface area contributed by atoms with Crippen molar-refractivity contribution in [3.05, 3.63) is 12.2 Å². The lowest BCUT2D eigenvalue weighted by molar-refractivity contribution is -0.0600. The van der Waals surface area contributed by atoms with Crippen LogP contribution in [-0.4, -0.2) is 42.5 Å². The van der Waals surface area contributed by atoms with Gasteiger partial charge in [0.1, 0.15) is 0 Å². The van der Waals surface area contributed by atoms with E-state index < -0.39 is 5.60 Å². The molecular weight excluding hydrogens is 232 g/mol. The molecular formula is C13H22N2O3. The van der Waals surface area contributed by atoms with Crippen LogP contribution in [0, 0.1) is 0 Å². The molecule has 1 unspecified atom stereocenters. The number of carbonyl (C=O) groups excluding carboxylic acids is 1. The smallest absolute Gasteiger partial charge is 0.315 e. The van der Waals surface area contributed by atoms with Crippen molar-refractivity contribution in [2.24, 2.45) is 0 Å². The van der Waals surface area contributed by atoms with E-state index in [0.29, 0.717) is 32.6 Å². The standard InChI is InChI=1S/C13H22N2O3/c16-12(15-11-4-2-1-3-5-11)14-10-13(17)6-8-18-9-7-13/h2,4,11,17H,1,3,5-10H2,(H2,14,15,16). The molecule has 5 heteroatoms. The fourth-order valence-electron chi connectivity index (χ4n) is 2.32. The Hall–Kier alpha value is -1.07. The molecule has 0 aromatic carbocycles. The Morgan fingerprint density at radius 1 is 1.44 bits per heavy atom. The summed E-state index contributed by atoms with van der Waals surface area (Å²) in [5.74, 6) is 0. The van der Waals surface area contributed by atoms with Gasteiger partial charge in [-0.25, -0.2) is 4.79 Å². The van der Waals surface area contributed by atoms with Crippen molar-refractivity contribution in [2.45, 2.75) is 43.7 Å². The van der Waals surface area contributed by atoms with E-state index >= 15 is 0 Å². The second-order valence-corrected chi connectivity index (χ2v) is 5.13. The Labute approximate surface area is 108 Å². The van der Waals surface area contributed by atoms with E-state index in [0.717, 1.165) is 19.3 Å². The monoisotopic (exact) mass is 254 g/mol. The first kappa shape index (κ1) is 13.4. The van der Waals surface area contributed by atoms with Gasteiger partial charge in [-0.1, -0.05) is 12.2 Å². The minimum atomic E-state index is -0.808. The van der Waals surface area contributed by atoms with E-state index in [9.17, 15) is 9.90 Å². The van der Waals surface area contributed by atoms with Crippen LogP contribution in [0.25, 0.3) is 0 Å². The molecule has 1 saturated heterocycles. The number of rotatable bonds is 3. The summed E-state index contributed by atoms with van der Waals surface area (Å²) in [6, 6.07) is -0.0745. The highest BCUT2D eigenvalue weighted by Crippen LogP contribution is 2.19. The second kappa shape index (κ2) is 6.20. The fraction of sp³-hybridized carbons (Fsp3) is 0.769. The average molecular weight is 254 g/mol. The van der Waals surface area contributed by atoms with Gasteiger partial charge < -0.3 is 20.5 Å². The Kier molecular flexibility index (Phi) is 4.60. The number of urea groups is 1. The zero-order valence-corrected chi connectivity index (χ0v) is 10.7. The van der Waals surface area contributed by atoms with Gasteiger partial charge >= 0.3 is 6.03 Å². The normalized spacial score (nSPS) is 26.6. The number of nitrogens with one attached hydrogen (secondary N) is 2. The summed E-state index contributed by atoms with van der Waals surface area (Å²) in [5.41, 5.74) is -0.808. The molecule has 2 amide bonds. The van der Waals surface area contributed by atoms with Gasteiger partial charge in [-0.3, -0.25) is 0 Å². The highest BCUT2D eigenvalue weighted by atomic mass is 16.5. The summed E-state index contributed by atoms with van der Waals surface area (Å²) in [5, 5.41) is 15.8. The minimum Gasteiger partial charge on any atom is -0.388 e. The van der Waals surface area contributed by atoms with Gasteiger partial charge in [-0.15, -0.1) is 0 Å². The Morgan fingerprint density at radius 3 is 2.89 bits per heavy atom. The largest absolute Gasteiger partial charge is 0.388 e. The number of hydrogen-bond acceptors (Lipinski definition) is 3. The van der Waals surface area contributed by atoms with E-state index in [4.69, 9.17) is 4.74 Å². The molecule has 18 heavy (non-hydrogen) atoms. The Balaban J connectivity index is 1.70. The third-order valence-electron chi connectivity index (χ3n) is 3.57. The molecule has 0 radical (unpaired) electrons. The van der Waals surface area contributed by atoms with E-state index in [1.54, 1.807) is 0 Å². The van der Waals surface area contributed by atoms with E-state index in [1.807, 2.05) is 6.08 Å². The maximum absolute atomic E-state index is 11.7. The molecule has 102 valence electrons. The first-order valence-corrected chi connectivity index (χ1v) is 6.69. The summed E-state index contributed by atoms with van der Waals surface area (Å²) < 4.78 is 5.20. The minimum absolute atomic E-state index is 0.128. The van der Waals surface area contributed by atoms with Gasteiger partial charge in [0.2, 0.25) is 0 Å². The molecule has 1 heterocycles. The molecule has 1 aliphatic heterocycles. The number of amides is 2. The molecule has 0 saturated carbocycles. The number of allylic oxidation sites excluding steroid dienone is 1. The highest BCUT2D eigenvalue weighted by Gasteiger charge is 2.30. The molecule has 0 spiro atoms. The van der Waals surface area contributed by atoms with Gasteiger partial charge in [0.15, 0.2) is 0 Å². The van der Waals surface area contributed by atoms with Crippen LogP contribution in [0.15, 0.2) is 12.2 Å². The second-order valence-electron chi connectivity index (χ2n) is 5.13. The van der Waals surface area contributed by atoms with Crippen LogP contribution in [0.3, 0.4) is 0 Å². The van der Waals surface area contributed by atoms with Crippen molar-refractivity contribution in [1.82, 2.24) is 10.6 Å². The third kappa shape index (κ3) is 3.99. The highest BCUT2D eigenvalue weighted by molar-refractivity contribution is 5.74. The molecule has 1 fully saturated rings. The number of aliphatic hydroxyl groups is 1. The molecule has 0 aromatic heterocycles. The lowest BCUT2D eigenvalue weighted by Crippen LogP contribution is -2.50. The molecule has 0 aromatic rings. The molecule has 0 bridgehead atoms. The first-order valence-electron chi connectivity index (χ1n) is 6.69. The Morgan fingerprint density at radius 2 is 2.22 bits per heavy atom. The SMILES string of the molecule is O=C(NCC1(O)CCOCC1)NC1C=CCCC1. The van der Waals surface area contributed by atoms with Gasteiger partial charge in [0.05, 0.1) is 5.60 Å². The molecule has 3 N–H and O–H groups in total. The maximum atomic E-state index is 11.7. The Bertz CT molecular complexity index is 311. The molecule has 5 nitrogen and oxygen atoms in total. The molecule has 2 aliphatic rings. The number of carbonyl (C=O) groups is 1. The van der Waals surface area contributed by atoms with E-state index in [1.165, 1.54) is 0 Å². The van der Waals surface area contributed by atoms with E-state index in [-0.39, 0.29) is 12.1 Å². The summed E-state index contributed by atoms with van der Waals surface area (Å²) in [6.07, 6.45) is 8.49. The molecule has 1 aliphatic carbocycles. The van der Waals surface area contributed by atoms with Gasteiger partial charge in [0.25, 0.3) is 0 Å². The average Bonchev–Trinajstić information content (AvgIpc) is 2.39. The predicted octanol–water partition coefficient (Wildman–Crippen LogP) is 0.936. The third-order valence-corrected chi connectivity index (χ3v) is 3.57. The van der Waals surface area contributed by atoms with Crippen LogP contribution >= 0.6 is 0 Å². The maximum Gasteiger partial charge on any atom is 0.315 e. The van der Waals surface area contributed by atoms with Crippen LogP contribution in [0.1, 0.15) is 32.1 Å². The van der Waals surface area contributed by atoms with Crippen LogP contribution < -0.4 is 10.6 Å². The van der Waals surface area contributed by atoms with Gasteiger partial charge in [-0.05, 0) is 19.3 Å². The summed E-state index contributed by atoms with van der Waals surface area (Å²) in [4.78, 5) is 11.7. The molecule has 2 rings (SSSR count). The van der Waals surface area contributed by atoms with Crippen molar-refractivity contribution in [3.8, 4) is 0 Å². The van der Waals surface area contributed by atoms with Crippen molar-refractivity contribution in [3.63, 3.8) is 0 Å². The first-order chi connectivity index (χ1) is 8.68. The number of hydrogen-bond donors (Lipinski definition) is 3. The van der Waals surface area contributed by atoms with Crippen LogP contribution in [0.4, 0.5) is 4.79 Å². The van der Waals surface area contributed by atoms with Crippen molar-refractivity contribution in [1.29, 1.82) is 0 Å². The van der Waals surface area contributed by atoms with Gasteiger partial charge in [-0.2, -0.15) is 0 Å². The quantitative estimate of drug-likeness (QED) is 0.656. The van der Waals surface area contributed by atoms with Crippen LogP contribution in [-0.2, 0) is 4.74 Å². The van der Waals surface area contributed by atoms with Crippen LogP contribution in [0.5, 0.6) is 0 Å². The lowest BCUT2D eigenvalue weighted by Gasteiger charge is -2.32. The predicted molar refractivity (Wildman–Crippen MR) is 68.3 cm³/mol. The topological polar surface area (TPSA) is 70.6 Å². The fourth-order valence-corrected chi connectivity index (χ4v) is 2.32. The lowest BCUT2D eigenvalue weighted by atomic mass is 9.94. The molecule has 1 atom stereocenters. The zero-order valence-electron chi connectivity index (χ0n) is 10.7.